The molecule has 7 heteroatoms. The van der Waals surface area contributed by atoms with Crippen molar-refractivity contribution in [1.82, 2.24) is 4.98 Å². The van der Waals surface area contributed by atoms with Crippen molar-refractivity contribution < 1.29 is 4.79 Å². The van der Waals surface area contributed by atoms with Crippen LogP contribution in [0.3, 0.4) is 0 Å². The number of anilines is 1. The number of alkyl halides is 3. The highest BCUT2D eigenvalue weighted by atomic mass is 35.6. The number of nitrogens with one attached hydrogen (secondary N) is 1. The van der Waals surface area contributed by atoms with Gasteiger partial charge in [-0.15, -0.1) is 11.3 Å². The molecule has 0 bridgehead atoms. The predicted octanol–water partition coefficient (Wildman–Crippen LogP) is 4.74. The zero-order valence-electron chi connectivity index (χ0n) is 10.7. The van der Waals surface area contributed by atoms with E-state index < -0.39 is 9.70 Å². The molecule has 0 aliphatic carbocycles. The number of hydrogen-bond donors (Lipinski definition) is 1. The minimum absolute atomic E-state index is 0.399. The van der Waals surface area contributed by atoms with Crippen molar-refractivity contribution in [3.8, 4) is 11.3 Å². The van der Waals surface area contributed by atoms with Crippen LogP contribution in [0, 0.1) is 13.8 Å². The maximum Gasteiger partial charge on any atom is 0.278 e. The first kappa shape index (κ1) is 15.6. The Morgan fingerprint density at radius 1 is 1.30 bits per heavy atom. The lowest BCUT2D eigenvalue weighted by atomic mass is 10.0. The van der Waals surface area contributed by atoms with Crippen molar-refractivity contribution in [2.45, 2.75) is 17.6 Å². The largest absolute Gasteiger partial charge is 0.298 e. The molecule has 1 aromatic carbocycles. The molecule has 0 spiro atoms. The van der Waals surface area contributed by atoms with Gasteiger partial charge in [0.05, 0.1) is 5.69 Å². The van der Waals surface area contributed by atoms with Crippen LogP contribution in [0.25, 0.3) is 11.3 Å². The van der Waals surface area contributed by atoms with Gasteiger partial charge in [0.25, 0.3) is 9.70 Å². The van der Waals surface area contributed by atoms with Crippen LogP contribution in [0.15, 0.2) is 23.6 Å². The maximum atomic E-state index is 11.6. The number of carbonyl (C=O) groups excluding carboxylic acids is 1. The van der Waals surface area contributed by atoms with Gasteiger partial charge in [0.1, 0.15) is 0 Å². The van der Waals surface area contributed by atoms with Gasteiger partial charge in [-0.2, -0.15) is 0 Å². The summed E-state index contributed by atoms with van der Waals surface area (Å²) < 4.78 is -1.99. The van der Waals surface area contributed by atoms with Crippen molar-refractivity contribution in [2.75, 3.05) is 5.32 Å². The van der Waals surface area contributed by atoms with Crippen molar-refractivity contribution in [3.63, 3.8) is 0 Å². The number of rotatable bonds is 2. The molecule has 1 N–H and O–H groups in total. The summed E-state index contributed by atoms with van der Waals surface area (Å²) in [4.78, 5) is 15.9. The molecule has 1 amide bonds. The molecular weight excluding hydrogens is 339 g/mol. The molecule has 0 unspecified atom stereocenters. The predicted molar refractivity (Wildman–Crippen MR) is 85.9 cm³/mol. The summed E-state index contributed by atoms with van der Waals surface area (Å²) in [6.45, 7) is 4.05. The molecule has 1 heterocycles. The fraction of sp³-hybridized carbons (Fsp3) is 0.231. The Hall–Kier alpha value is -0.810. The highest BCUT2D eigenvalue weighted by molar-refractivity contribution is 7.14. The van der Waals surface area contributed by atoms with E-state index in [-0.39, 0.29) is 0 Å². The summed E-state index contributed by atoms with van der Waals surface area (Å²) in [6.07, 6.45) is 0. The van der Waals surface area contributed by atoms with Crippen LogP contribution in [0.2, 0.25) is 0 Å². The van der Waals surface area contributed by atoms with E-state index in [0.717, 1.165) is 16.8 Å². The van der Waals surface area contributed by atoms with Crippen LogP contribution in [-0.2, 0) is 4.79 Å². The second-order valence-electron chi connectivity index (χ2n) is 4.31. The number of halogens is 3. The summed E-state index contributed by atoms with van der Waals surface area (Å²) in [7, 11) is 0. The standard InChI is InChI=1S/C13H11Cl3N2OS/c1-7-3-4-9(8(2)5-7)10-6-20-12(17-10)18-11(19)13(14,15)16/h3-6H,1-2H3,(H,17,18,19). The third-order valence-corrected chi connectivity index (χ3v) is 3.91. The van der Waals surface area contributed by atoms with Gasteiger partial charge in [-0.05, 0) is 19.4 Å². The molecule has 1 aromatic heterocycles. The number of aromatic nitrogens is 1. The SMILES string of the molecule is Cc1ccc(-c2csc(NC(=O)C(Cl)(Cl)Cl)n2)c(C)c1. The molecular formula is C13H11Cl3N2OS. The van der Waals surface area contributed by atoms with Crippen LogP contribution in [0.5, 0.6) is 0 Å². The third-order valence-electron chi connectivity index (χ3n) is 2.64. The van der Waals surface area contributed by atoms with Crippen LogP contribution < -0.4 is 5.32 Å². The third kappa shape index (κ3) is 3.64. The van der Waals surface area contributed by atoms with Gasteiger partial charge in [-0.3, -0.25) is 10.1 Å². The van der Waals surface area contributed by atoms with E-state index in [0.29, 0.717) is 5.13 Å². The summed E-state index contributed by atoms with van der Waals surface area (Å²) in [5, 5.41) is 4.73. The van der Waals surface area contributed by atoms with E-state index in [1.54, 1.807) is 0 Å². The van der Waals surface area contributed by atoms with E-state index in [9.17, 15) is 4.79 Å². The van der Waals surface area contributed by atoms with Crippen LogP contribution in [-0.4, -0.2) is 14.7 Å². The van der Waals surface area contributed by atoms with Gasteiger partial charge in [-0.1, -0.05) is 58.6 Å². The molecule has 106 valence electrons. The van der Waals surface area contributed by atoms with Gasteiger partial charge >= 0.3 is 0 Å². The average Bonchev–Trinajstić information content (AvgIpc) is 2.76. The minimum Gasteiger partial charge on any atom is -0.298 e. The summed E-state index contributed by atoms with van der Waals surface area (Å²) in [5.41, 5.74) is 4.11. The number of benzene rings is 1. The maximum absolute atomic E-state index is 11.6. The quantitative estimate of drug-likeness (QED) is 0.796. The van der Waals surface area contributed by atoms with E-state index in [4.69, 9.17) is 34.8 Å². The fourth-order valence-electron chi connectivity index (χ4n) is 1.72. The molecule has 0 fully saturated rings. The lowest BCUT2D eigenvalue weighted by molar-refractivity contribution is -0.115. The number of hydrogen-bond acceptors (Lipinski definition) is 3. The monoisotopic (exact) mass is 348 g/mol. The molecule has 0 aliphatic heterocycles. The first-order valence-electron chi connectivity index (χ1n) is 5.68. The fourth-order valence-corrected chi connectivity index (χ4v) is 2.57. The molecule has 0 radical (unpaired) electrons. The highest BCUT2D eigenvalue weighted by Crippen LogP contribution is 2.31. The topological polar surface area (TPSA) is 42.0 Å². The second-order valence-corrected chi connectivity index (χ2v) is 7.45. The van der Waals surface area contributed by atoms with Crippen LogP contribution >= 0.6 is 46.1 Å². The molecule has 20 heavy (non-hydrogen) atoms. The highest BCUT2D eigenvalue weighted by Gasteiger charge is 2.31. The lowest BCUT2D eigenvalue weighted by Gasteiger charge is -2.08. The summed E-state index contributed by atoms with van der Waals surface area (Å²) >= 11 is 17.8. The van der Waals surface area contributed by atoms with E-state index >= 15 is 0 Å². The molecule has 3 nitrogen and oxygen atoms in total. The Balaban J connectivity index is 2.23. The normalized spacial score (nSPS) is 11.4. The van der Waals surface area contributed by atoms with Crippen molar-refractivity contribution >= 4 is 57.2 Å². The zero-order valence-corrected chi connectivity index (χ0v) is 13.8. The Morgan fingerprint density at radius 3 is 2.60 bits per heavy atom. The van der Waals surface area contributed by atoms with Crippen LogP contribution in [0.1, 0.15) is 11.1 Å². The molecule has 0 saturated heterocycles. The second kappa shape index (κ2) is 5.90. The minimum atomic E-state index is -1.99. The Bertz CT molecular complexity index is 649. The van der Waals surface area contributed by atoms with E-state index in [2.05, 4.69) is 16.4 Å². The van der Waals surface area contributed by atoms with E-state index in [1.165, 1.54) is 16.9 Å². The zero-order chi connectivity index (χ0) is 14.9. The van der Waals surface area contributed by atoms with Crippen molar-refractivity contribution in [1.29, 1.82) is 0 Å². The van der Waals surface area contributed by atoms with Gasteiger partial charge in [0, 0.05) is 10.9 Å². The first-order chi connectivity index (χ1) is 9.27. The molecule has 2 aromatic rings. The molecule has 2 rings (SSSR count). The van der Waals surface area contributed by atoms with Crippen LogP contribution in [0.4, 0.5) is 5.13 Å². The molecule has 0 atom stereocenters. The number of thiazole rings is 1. The number of amides is 1. The van der Waals surface area contributed by atoms with Crippen molar-refractivity contribution in [2.24, 2.45) is 0 Å². The molecule has 0 saturated carbocycles. The van der Waals surface area contributed by atoms with Gasteiger partial charge in [-0.25, -0.2) is 4.98 Å². The van der Waals surface area contributed by atoms with E-state index in [1.807, 2.05) is 31.4 Å². The first-order valence-corrected chi connectivity index (χ1v) is 7.70. The Kier molecular flexibility index (Phi) is 4.59. The number of nitrogens with zero attached hydrogens (tertiary/aromatic N) is 1. The smallest absolute Gasteiger partial charge is 0.278 e. The Labute approximate surface area is 135 Å². The summed E-state index contributed by atoms with van der Waals surface area (Å²) in [5.74, 6) is -0.718. The number of carbonyl (C=O) groups is 1. The van der Waals surface area contributed by atoms with Gasteiger partial charge in [0.2, 0.25) is 0 Å². The van der Waals surface area contributed by atoms with Gasteiger partial charge in [0.15, 0.2) is 5.13 Å². The molecule has 0 aliphatic rings. The Morgan fingerprint density at radius 2 is 2.00 bits per heavy atom. The van der Waals surface area contributed by atoms with Crippen molar-refractivity contribution in [3.05, 3.63) is 34.7 Å². The number of aryl methyl sites for hydroxylation is 2. The summed E-state index contributed by atoms with van der Waals surface area (Å²) in [6, 6.07) is 6.09. The average molecular weight is 350 g/mol. The van der Waals surface area contributed by atoms with Gasteiger partial charge < -0.3 is 0 Å². The lowest BCUT2D eigenvalue weighted by Crippen LogP contribution is -2.26.